The summed E-state index contributed by atoms with van der Waals surface area (Å²) in [5.74, 6) is 0.578. The predicted octanol–water partition coefficient (Wildman–Crippen LogP) is 5.82. The SMILES string of the molecule is CC(C)(C)OC(=O)N1C(CCc2ccc(Nc3ncc(C(C)(C)C)cn3)cc2)COC1(C)C. The number of hydrogen-bond donors (Lipinski definition) is 1. The molecule has 2 heterocycles. The van der Waals surface area contributed by atoms with Crippen LogP contribution in [0.15, 0.2) is 36.7 Å². The van der Waals surface area contributed by atoms with Gasteiger partial charge in [-0.2, -0.15) is 0 Å². The summed E-state index contributed by atoms with van der Waals surface area (Å²) < 4.78 is 11.5. The second kappa shape index (κ2) is 9.29. The van der Waals surface area contributed by atoms with Gasteiger partial charge in [-0.05, 0) is 76.1 Å². The normalized spacial score (nSPS) is 18.3. The highest BCUT2D eigenvalue weighted by atomic mass is 16.6. The predicted molar refractivity (Wildman–Crippen MR) is 131 cm³/mol. The van der Waals surface area contributed by atoms with Crippen molar-refractivity contribution in [3.63, 3.8) is 0 Å². The Morgan fingerprint density at radius 2 is 1.73 bits per heavy atom. The molecule has 1 amide bonds. The standard InChI is InChI=1S/C26H38N4O3/c1-24(2,3)19-15-27-22(28-16-19)29-20-12-9-18(10-13-20)11-14-21-17-32-26(7,8)30(21)23(31)33-25(4,5)6/h9-10,12-13,15-16,21H,11,14,17H2,1-8H3,(H,27,28,29). The summed E-state index contributed by atoms with van der Waals surface area (Å²) >= 11 is 0. The van der Waals surface area contributed by atoms with Crippen molar-refractivity contribution in [2.75, 3.05) is 11.9 Å². The minimum absolute atomic E-state index is 0.0256. The molecule has 7 nitrogen and oxygen atoms in total. The van der Waals surface area contributed by atoms with Crippen molar-refractivity contribution in [1.82, 2.24) is 14.9 Å². The third-order valence-electron chi connectivity index (χ3n) is 5.66. The summed E-state index contributed by atoms with van der Waals surface area (Å²) in [6, 6.07) is 8.20. The summed E-state index contributed by atoms with van der Waals surface area (Å²) in [7, 11) is 0. The van der Waals surface area contributed by atoms with Crippen LogP contribution in [0.25, 0.3) is 0 Å². The van der Waals surface area contributed by atoms with Crippen LogP contribution >= 0.6 is 0 Å². The number of ether oxygens (including phenoxy) is 2. The van der Waals surface area contributed by atoms with Crippen LogP contribution in [0.5, 0.6) is 0 Å². The van der Waals surface area contributed by atoms with Crippen LogP contribution in [0.2, 0.25) is 0 Å². The second-order valence-electron chi connectivity index (χ2n) is 11.2. The first-order valence-corrected chi connectivity index (χ1v) is 11.6. The number of rotatable bonds is 5. The molecule has 180 valence electrons. The van der Waals surface area contributed by atoms with Crippen LogP contribution in [-0.4, -0.2) is 44.9 Å². The van der Waals surface area contributed by atoms with E-state index >= 15 is 0 Å². The number of amides is 1. The van der Waals surface area contributed by atoms with E-state index in [-0.39, 0.29) is 17.6 Å². The zero-order valence-corrected chi connectivity index (χ0v) is 21.2. The molecule has 0 aliphatic carbocycles. The molecule has 3 rings (SSSR count). The van der Waals surface area contributed by atoms with E-state index in [9.17, 15) is 4.79 Å². The van der Waals surface area contributed by atoms with Crippen molar-refractivity contribution in [2.45, 2.75) is 91.0 Å². The highest BCUT2D eigenvalue weighted by Crippen LogP contribution is 2.31. The number of anilines is 2. The molecular weight excluding hydrogens is 416 g/mol. The van der Waals surface area contributed by atoms with Gasteiger partial charge in [-0.1, -0.05) is 32.9 Å². The van der Waals surface area contributed by atoms with E-state index < -0.39 is 11.3 Å². The fourth-order valence-corrected chi connectivity index (χ4v) is 3.77. The summed E-state index contributed by atoms with van der Waals surface area (Å²) in [4.78, 5) is 23.4. The van der Waals surface area contributed by atoms with Crippen molar-refractivity contribution in [3.05, 3.63) is 47.8 Å². The third kappa shape index (κ3) is 6.67. The first-order valence-electron chi connectivity index (χ1n) is 11.6. The van der Waals surface area contributed by atoms with E-state index in [2.05, 4.69) is 48.2 Å². The van der Waals surface area contributed by atoms with Gasteiger partial charge in [-0.15, -0.1) is 0 Å². The molecule has 1 unspecified atom stereocenters. The quantitative estimate of drug-likeness (QED) is 0.613. The van der Waals surface area contributed by atoms with E-state index in [1.165, 1.54) is 5.56 Å². The van der Waals surface area contributed by atoms with Crippen LogP contribution in [0.4, 0.5) is 16.4 Å². The maximum Gasteiger partial charge on any atom is 0.412 e. The maximum absolute atomic E-state index is 12.8. The Kier molecular flexibility index (Phi) is 7.03. The van der Waals surface area contributed by atoms with Crippen molar-refractivity contribution < 1.29 is 14.3 Å². The maximum atomic E-state index is 12.8. The number of carbonyl (C=O) groups is 1. The Morgan fingerprint density at radius 1 is 1.12 bits per heavy atom. The molecule has 1 aromatic heterocycles. The van der Waals surface area contributed by atoms with Gasteiger partial charge in [0.2, 0.25) is 5.95 Å². The summed E-state index contributed by atoms with van der Waals surface area (Å²) in [5, 5.41) is 3.25. The first kappa shape index (κ1) is 25.0. The Hall–Kier alpha value is -2.67. The largest absolute Gasteiger partial charge is 0.444 e. The van der Waals surface area contributed by atoms with Crippen molar-refractivity contribution in [3.8, 4) is 0 Å². The van der Waals surface area contributed by atoms with Gasteiger partial charge in [0.1, 0.15) is 11.3 Å². The zero-order valence-electron chi connectivity index (χ0n) is 21.2. The highest BCUT2D eigenvalue weighted by molar-refractivity contribution is 5.69. The minimum atomic E-state index is -0.677. The smallest absolute Gasteiger partial charge is 0.412 e. The lowest BCUT2D eigenvalue weighted by Gasteiger charge is -2.35. The van der Waals surface area contributed by atoms with Crippen LogP contribution in [0.3, 0.4) is 0 Å². The molecule has 0 radical (unpaired) electrons. The molecule has 33 heavy (non-hydrogen) atoms. The van der Waals surface area contributed by atoms with Gasteiger partial charge >= 0.3 is 6.09 Å². The number of aromatic nitrogens is 2. The van der Waals surface area contributed by atoms with Gasteiger partial charge < -0.3 is 14.8 Å². The molecule has 1 fully saturated rings. The van der Waals surface area contributed by atoms with Crippen molar-refractivity contribution in [2.24, 2.45) is 0 Å². The van der Waals surface area contributed by atoms with Crippen molar-refractivity contribution in [1.29, 1.82) is 0 Å². The third-order valence-corrected chi connectivity index (χ3v) is 5.66. The van der Waals surface area contributed by atoms with Crippen LogP contribution in [0.1, 0.15) is 72.9 Å². The van der Waals surface area contributed by atoms with Gasteiger partial charge in [0.25, 0.3) is 0 Å². The lowest BCUT2D eigenvalue weighted by Crippen LogP contribution is -2.49. The summed E-state index contributed by atoms with van der Waals surface area (Å²) in [6.07, 6.45) is 5.04. The molecule has 0 spiro atoms. The fraction of sp³-hybridized carbons (Fsp3) is 0.577. The topological polar surface area (TPSA) is 76.6 Å². The van der Waals surface area contributed by atoms with Gasteiger partial charge in [0, 0.05) is 18.1 Å². The Labute approximate surface area is 197 Å². The second-order valence-corrected chi connectivity index (χ2v) is 11.2. The Balaban J connectivity index is 1.59. The lowest BCUT2D eigenvalue weighted by molar-refractivity contribution is -0.0626. The average molecular weight is 455 g/mol. The van der Waals surface area contributed by atoms with Crippen LogP contribution in [0, 0.1) is 0 Å². The first-order chi connectivity index (χ1) is 15.2. The number of aryl methyl sites for hydroxylation is 1. The van der Waals surface area contributed by atoms with Gasteiger partial charge in [-0.25, -0.2) is 14.8 Å². The molecule has 1 aromatic carbocycles. The van der Waals surface area contributed by atoms with E-state index in [4.69, 9.17) is 9.47 Å². The van der Waals surface area contributed by atoms with Gasteiger partial charge in [-0.3, -0.25) is 4.90 Å². The number of nitrogens with one attached hydrogen (secondary N) is 1. The lowest BCUT2D eigenvalue weighted by atomic mass is 9.89. The zero-order chi connectivity index (χ0) is 24.4. The molecule has 1 N–H and O–H groups in total. The average Bonchev–Trinajstić information content (AvgIpc) is 3.00. The molecule has 2 aromatic rings. The van der Waals surface area contributed by atoms with Crippen LogP contribution < -0.4 is 5.32 Å². The molecule has 1 aliphatic rings. The molecule has 1 saturated heterocycles. The molecular formula is C26H38N4O3. The molecule has 7 heteroatoms. The summed E-state index contributed by atoms with van der Waals surface area (Å²) in [5.41, 5.74) is 2.03. The van der Waals surface area contributed by atoms with Crippen molar-refractivity contribution >= 4 is 17.7 Å². The number of hydrogen-bond acceptors (Lipinski definition) is 6. The number of carbonyl (C=O) groups excluding carboxylic acids is 1. The van der Waals surface area contributed by atoms with E-state index in [1.807, 2.05) is 59.1 Å². The molecule has 0 saturated carbocycles. The minimum Gasteiger partial charge on any atom is -0.444 e. The van der Waals surface area contributed by atoms with E-state index in [0.717, 1.165) is 24.1 Å². The number of nitrogens with zero attached hydrogens (tertiary/aromatic N) is 3. The monoisotopic (exact) mass is 454 g/mol. The van der Waals surface area contributed by atoms with E-state index in [0.29, 0.717) is 12.6 Å². The highest BCUT2D eigenvalue weighted by Gasteiger charge is 2.45. The van der Waals surface area contributed by atoms with Gasteiger partial charge in [0.05, 0.1) is 12.6 Å². The molecule has 1 aliphatic heterocycles. The molecule has 0 bridgehead atoms. The van der Waals surface area contributed by atoms with Crippen LogP contribution in [-0.2, 0) is 21.3 Å². The molecule has 1 atom stereocenters. The number of benzene rings is 1. The van der Waals surface area contributed by atoms with E-state index in [1.54, 1.807) is 4.90 Å². The fourth-order valence-electron chi connectivity index (χ4n) is 3.77. The summed E-state index contributed by atoms with van der Waals surface area (Å²) in [6.45, 7) is 16.4. The Morgan fingerprint density at radius 3 is 2.27 bits per heavy atom. The Bertz CT molecular complexity index is 941. The van der Waals surface area contributed by atoms with Gasteiger partial charge in [0.15, 0.2) is 0 Å².